The smallest absolute Gasteiger partial charge is 0.231 e. The van der Waals surface area contributed by atoms with Crippen molar-refractivity contribution in [3.63, 3.8) is 0 Å². The number of hydrogen-bond acceptors (Lipinski definition) is 4. The second kappa shape index (κ2) is 6.65. The number of likely N-dealkylation sites (tertiary alicyclic amines) is 1. The molecule has 2 heterocycles. The SMILES string of the molecule is Cc1ccccc1C1(O)CCN(C(=O)CCc2ccc3c(c2)OCO3)C1. The fraction of sp³-hybridized carbons (Fsp3) is 0.381. The lowest BCUT2D eigenvalue weighted by molar-refractivity contribution is -0.131. The molecule has 0 spiro atoms. The Kier molecular flexibility index (Phi) is 4.32. The number of β-amino-alcohol motifs (C(OH)–C–C–N with tert-alkyl or cyclic N) is 1. The number of aliphatic hydroxyl groups is 1. The minimum Gasteiger partial charge on any atom is -0.454 e. The average Bonchev–Trinajstić information content (AvgIpc) is 3.27. The molecule has 5 nitrogen and oxygen atoms in total. The monoisotopic (exact) mass is 353 g/mol. The summed E-state index contributed by atoms with van der Waals surface area (Å²) < 4.78 is 10.7. The van der Waals surface area contributed by atoms with Crippen LogP contribution >= 0.6 is 0 Å². The second-order valence-electron chi connectivity index (χ2n) is 7.10. The highest BCUT2D eigenvalue weighted by Crippen LogP contribution is 2.35. The molecule has 0 bridgehead atoms. The van der Waals surface area contributed by atoms with E-state index >= 15 is 0 Å². The number of rotatable bonds is 4. The van der Waals surface area contributed by atoms with Crippen LogP contribution in [0, 0.1) is 6.92 Å². The molecule has 1 saturated heterocycles. The van der Waals surface area contributed by atoms with Crippen LogP contribution in [0.4, 0.5) is 0 Å². The summed E-state index contributed by atoms with van der Waals surface area (Å²) in [7, 11) is 0. The average molecular weight is 353 g/mol. The van der Waals surface area contributed by atoms with Crippen molar-refractivity contribution >= 4 is 5.91 Å². The topological polar surface area (TPSA) is 59.0 Å². The third-order valence-electron chi connectivity index (χ3n) is 5.31. The van der Waals surface area contributed by atoms with E-state index in [2.05, 4.69) is 0 Å². The molecule has 0 saturated carbocycles. The van der Waals surface area contributed by atoms with E-state index in [4.69, 9.17) is 9.47 Å². The first-order valence-corrected chi connectivity index (χ1v) is 9.00. The number of fused-ring (bicyclic) bond motifs is 1. The molecule has 0 aliphatic carbocycles. The molecule has 0 aromatic heterocycles. The quantitative estimate of drug-likeness (QED) is 0.918. The van der Waals surface area contributed by atoms with Crippen molar-refractivity contribution in [2.24, 2.45) is 0 Å². The van der Waals surface area contributed by atoms with E-state index < -0.39 is 5.60 Å². The van der Waals surface area contributed by atoms with Crippen molar-refractivity contribution in [3.8, 4) is 11.5 Å². The van der Waals surface area contributed by atoms with Crippen molar-refractivity contribution in [1.29, 1.82) is 0 Å². The maximum atomic E-state index is 12.6. The van der Waals surface area contributed by atoms with Crippen molar-refractivity contribution in [2.45, 2.75) is 31.8 Å². The molecule has 136 valence electrons. The van der Waals surface area contributed by atoms with Gasteiger partial charge in [0.2, 0.25) is 12.7 Å². The van der Waals surface area contributed by atoms with Gasteiger partial charge in [0.1, 0.15) is 5.60 Å². The first-order chi connectivity index (χ1) is 12.5. The summed E-state index contributed by atoms with van der Waals surface area (Å²) in [6, 6.07) is 13.6. The molecule has 1 atom stereocenters. The van der Waals surface area contributed by atoms with Crippen LogP contribution in [0.3, 0.4) is 0 Å². The van der Waals surface area contributed by atoms with Gasteiger partial charge >= 0.3 is 0 Å². The molecule has 2 aromatic rings. The lowest BCUT2D eigenvalue weighted by atomic mass is 9.89. The summed E-state index contributed by atoms with van der Waals surface area (Å²) in [6.07, 6.45) is 1.64. The Labute approximate surface area is 153 Å². The molecular weight excluding hydrogens is 330 g/mol. The molecule has 1 fully saturated rings. The highest BCUT2D eigenvalue weighted by molar-refractivity contribution is 5.77. The highest BCUT2D eigenvalue weighted by Gasteiger charge is 2.40. The Morgan fingerprint density at radius 2 is 2.00 bits per heavy atom. The maximum Gasteiger partial charge on any atom is 0.231 e. The lowest BCUT2D eigenvalue weighted by Crippen LogP contribution is -2.34. The summed E-state index contributed by atoms with van der Waals surface area (Å²) in [5.74, 6) is 1.57. The van der Waals surface area contributed by atoms with Gasteiger partial charge in [-0.1, -0.05) is 30.3 Å². The van der Waals surface area contributed by atoms with E-state index in [0.717, 1.165) is 28.2 Å². The molecule has 2 aliphatic rings. The van der Waals surface area contributed by atoms with Crippen LogP contribution < -0.4 is 9.47 Å². The van der Waals surface area contributed by atoms with Gasteiger partial charge in [-0.2, -0.15) is 0 Å². The Hall–Kier alpha value is -2.53. The molecular formula is C21H23NO4. The molecule has 5 heteroatoms. The van der Waals surface area contributed by atoms with Gasteiger partial charge in [0, 0.05) is 13.0 Å². The molecule has 0 radical (unpaired) electrons. The fourth-order valence-corrected chi connectivity index (χ4v) is 3.83. The zero-order valence-corrected chi connectivity index (χ0v) is 14.9. The minimum absolute atomic E-state index is 0.0761. The van der Waals surface area contributed by atoms with Crippen LogP contribution in [0.1, 0.15) is 29.5 Å². The maximum absolute atomic E-state index is 12.6. The van der Waals surface area contributed by atoms with Crippen molar-refractivity contribution in [1.82, 2.24) is 4.90 Å². The van der Waals surface area contributed by atoms with Crippen LogP contribution in [-0.2, 0) is 16.8 Å². The summed E-state index contributed by atoms with van der Waals surface area (Å²) in [5.41, 5.74) is 2.09. The van der Waals surface area contributed by atoms with Gasteiger partial charge in [0.05, 0.1) is 6.54 Å². The fourth-order valence-electron chi connectivity index (χ4n) is 3.83. The molecule has 26 heavy (non-hydrogen) atoms. The van der Waals surface area contributed by atoms with E-state index in [1.165, 1.54) is 0 Å². The van der Waals surface area contributed by atoms with E-state index in [-0.39, 0.29) is 12.7 Å². The number of aryl methyl sites for hydroxylation is 2. The van der Waals surface area contributed by atoms with E-state index in [1.807, 2.05) is 49.4 Å². The van der Waals surface area contributed by atoms with Crippen LogP contribution in [0.15, 0.2) is 42.5 Å². The first-order valence-electron chi connectivity index (χ1n) is 9.00. The number of benzene rings is 2. The molecule has 1 N–H and O–H groups in total. The molecule has 4 rings (SSSR count). The van der Waals surface area contributed by atoms with Crippen LogP contribution in [0.2, 0.25) is 0 Å². The third-order valence-corrected chi connectivity index (χ3v) is 5.31. The third kappa shape index (κ3) is 3.15. The zero-order valence-electron chi connectivity index (χ0n) is 14.9. The summed E-state index contributed by atoms with van der Waals surface area (Å²) in [4.78, 5) is 14.4. The van der Waals surface area contributed by atoms with E-state index in [1.54, 1.807) is 4.90 Å². The summed E-state index contributed by atoms with van der Waals surface area (Å²) in [5, 5.41) is 11.0. The predicted molar refractivity (Wildman–Crippen MR) is 97.2 cm³/mol. The minimum atomic E-state index is -0.945. The van der Waals surface area contributed by atoms with Gasteiger partial charge in [-0.3, -0.25) is 4.79 Å². The van der Waals surface area contributed by atoms with Gasteiger partial charge in [-0.25, -0.2) is 0 Å². The first kappa shape index (κ1) is 16.9. The van der Waals surface area contributed by atoms with Crippen LogP contribution in [0.5, 0.6) is 11.5 Å². The standard InChI is InChI=1S/C21H23NO4/c1-15-4-2-3-5-17(15)21(24)10-11-22(13-21)20(23)9-7-16-6-8-18-19(12-16)26-14-25-18/h2-6,8,12,24H,7,9-11,13-14H2,1H3. The normalized spacial score (nSPS) is 21.2. The van der Waals surface area contributed by atoms with E-state index in [0.29, 0.717) is 32.4 Å². The number of carbonyl (C=O) groups is 1. The highest BCUT2D eigenvalue weighted by atomic mass is 16.7. The summed E-state index contributed by atoms with van der Waals surface area (Å²) >= 11 is 0. The van der Waals surface area contributed by atoms with Crippen LogP contribution in [-0.4, -0.2) is 35.8 Å². The van der Waals surface area contributed by atoms with Gasteiger partial charge in [-0.05, 0) is 48.6 Å². The van der Waals surface area contributed by atoms with E-state index in [9.17, 15) is 9.90 Å². The van der Waals surface area contributed by atoms with Crippen molar-refractivity contribution in [2.75, 3.05) is 19.9 Å². The van der Waals surface area contributed by atoms with Gasteiger partial charge in [-0.15, -0.1) is 0 Å². The summed E-state index contributed by atoms with van der Waals surface area (Å²) in [6.45, 7) is 3.20. The second-order valence-corrected chi connectivity index (χ2v) is 7.10. The zero-order chi connectivity index (χ0) is 18.1. The Morgan fingerprint density at radius 3 is 2.85 bits per heavy atom. The van der Waals surface area contributed by atoms with Gasteiger partial charge in [0.15, 0.2) is 11.5 Å². The van der Waals surface area contributed by atoms with Crippen LogP contribution in [0.25, 0.3) is 0 Å². The number of nitrogens with zero attached hydrogens (tertiary/aromatic N) is 1. The lowest BCUT2D eigenvalue weighted by Gasteiger charge is -2.25. The number of carbonyl (C=O) groups excluding carboxylic acids is 1. The Bertz CT molecular complexity index is 835. The molecule has 2 aliphatic heterocycles. The Balaban J connectivity index is 1.38. The molecule has 2 aromatic carbocycles. The predicted octanol–water partition coefficient (Wildman–Crippen LogP) is 2.78. The van der Waals surface area contributed by atoms with Crippen molar-refractivity contribution < 1.29 is 19.4 Å². The van der Waals surface area contributed by atoms with Gasteiger partial charge < -0.3 is 19.5 Å². The van der Waals surface area contributed by atoms with Crippen molar-refractivity contribution in [3.05, 3.63) is 59.2 Å². The number of amides is 1. The number of hydrogen-bond donors (Lipinski definition) is 1. The molecule has 1 unspecified atom stereocenters. The number of ether oxygens (including phenoxy) is 2. The largest absolute Gasteiger partial charge is 0.454 e. The van der Waals surface area contributed by atoms with Gasteiger partial charge in [0.25, 0.3) is 0 Å². The molecule has 1 amide bonds. The Morgan fingerprint density at radius 1 is 1.19 bits per heavy atom.